The van der Waals surface area contributed by atoms with Crippen LogP contribution in [0.3, 0.4) is 0 Å². The lowest BCUT2D eigenvalue weighted by molar-refractivity contribution is 0.368. The topological polar surface area (TPSA) is 26.0 Å². The summed E-state index contributed by atoms with van der Waals surface area (Å²) in [7, 11) is 0. The van der Waals surface area contributed by atoms with E-state index in [2.05, 4.69) is 32.0 Å². The molecule has 1 aromatic carbocycles. The molecule has 0 radical (unpaired) electrons. The summed E-state index contributed by atoms with van der Waals surface area (Å²) in [5.41, 5.74) is 11.0. The molecule has 100 valence electrons. The van der Waals surface area contributed by atoms with Gasteiger partial charge in [-0.1, -0.05) is 44.9 Å². The van der Waals surface area contributed by atoms with E-state index in [-0.39, 0.29) is 6.04 Å². The third-order valence-corrected chi connectivity index (χ3v) is 4.33. The van der Waals surface area contributed by atoms with Crippen LogP contribution >= 0.6 is 0 Å². The van der Waals surface area contributed by atoms with Gasteiger partial charge >= 0.3 is 0 Å². The molecule has 2 rings (SSSR count). The Morgan fingerprint density at radius 1 is 1.06 bits per heavy atom. The second-order valence-electron chi connectivity index (χ2n) is 5.74. The van der Waals surface area contributed by atoms with E-state index in [1.54, 1.807) is 11.1 Å². The second kappa shape index (κ2) is 6.38. The number of benzene rings is 1. The van der Waals surface area contributed by atoms with E-state index in [1.165, 1.54) is 50.5 Å². The molecule has 1 nitrogen and oxygen atoms in total. The Kier molecular flexibility index (Phi) is 4.82. The molecule has 1 aromatic rings. The zero-order chi connectivity index (χ0) is 13.0. The van der Waals surface area contributed by atoms with Gasteiger partial charge < -0.3 is 5.73 Å². The minimum absolute atomic E-state index is 0.232. The van der Waals surface area contributed by atoms with E-state index in [0.717, 1.165) is 0 Å². The van der Waals surface area contributed by atoms with Crippen LogP contribution in [-0.2, 0) is 12.8 Å². The van der Waals surface area contributed by atoms with Crippen molar-refractivity contribution in [3.05, 3.63) is 34.9 Å². The molecule has 0 amide bonds. The monoisotopic (exact) mass is 245 g/mol. The first-order valence-corrected chi connectivity index (χ1v) is 7.63. The molecule has 1 unspecified atom stereocenters. The fraction of sp³-hybridized carbons (Fsp3) is 0.647. The van der Waals surface area contributed by atoms with Crippen LogP contribution in [0.4, 0.5) is 0 Å². The van der Waals surface area contributed by atoms with Gasteiger partial charge in [0.25, 0.3) is 0 Å². The Morgan fingerprint density at radius 3 is 2.39 bits per heavy atom. The molecule has 0 saturated heterocycles. The molecule has 2 N–H and O–H groups in total. The maximum absolute atomic E-state index is 6.51. The third kappa shape index (κ3) is 2.95. The van der Waals surface area contributed by atoms with Crippen molar-refractivity contribution in [2.45, 2.75) is 64.8 Å². The summed E-state index contributed by atoms with van der Waals surface area (Å²) in [4.78, 5) is 0. The molecule has 0 heterocycles. The van der Waals surface area contributed by atoms with Gasteiger partial charge in [0.1, 0.15) is 0 Å². The number of fused-ring (bicyclic) bond motifs is 1. The Morgan fingerprint density at radius 2 is 1.72 bits per heavy atom. The number of rotatable bonds is 6. The van der Waals surface area contributed by atoms with Crippen molar-refractivity contribution in [1.29, 1.82) is 0 Å². The summed E-state index contributed by atoms with van der Waals surface area (Å²) in [6.07, 6.45) is 8.83. The minimum atomic E-state index is 0.232. The Bertz CT molecular complexity index is 377. The van der Waals surface area contributed by atoms with Crippen molar-refractivity contribution in [3.63, 3.8) is 0 Å². The first-order chi connectivity index (χ1) is 8.76. The van der Waals surface area contributed by atoms with Gasteiger partial charge in [-0.05, 0) is 54.7 Å². The number of nitrogens with two attached hydrogens (primary N) is 1. The van der Waals surface area contributed by atoms with Gasteiger partial charge in [0.15, 0.2) is 0 Å². The Labute approximate surface area is 112 Å². The number of hydrogen-bond acceptors (Lipinski definition) is 1. The van der Waals surface area contributed by atoms with Crippen LogP contribution < -0.4 is 5.73 Å². The van der Waals surface area contributed by atoms with E-state index >= 15 is 0 Å². The van der Waals surface area contributed by atoms with Gasteiger partial charge in [-0.2, -0.15) is 0 Å². The van der Waals surface area contributed by atoms with Crippen LogP contribution in [-0.4, -0.2) is 0 Å². The number of hydrogen-bond donors (Lipinski definition) is 1. The van der Waals surface area contributed by atoms with Crippen LogP contribution in [0.25, 0.3) is 0 Å². The Hall–Kier alpha value is -0.820. The highest BCUT2D eigenvalue weighted by Gasteiger charge is 2.20. The summed E-state index contributed by atoms with van der Waals surface area (Å²) < 4.78 is 0. The summed E-state index contributed by atoms with van der Waals surface area (Å²) in [6.45, 7) is 4.52. The van der Waals surface area contributed by atoms with Crippen molar-refractivity contribution in [2.24, 2.45) is 11.7 Å². The summed E-state index contributed by atoms with van der Waals surface area (Å²) >= 11 is 0. The molecule has 18 heavy (non-hydrogen) atoms. The largest absolute Gasteiger partial charge is 0.324 e. The van der Waals surface area contributed by atoms with Gasteiger partial charge in [0.05, 0.1) is 0 Å². The van der Waals surface area contributed by atoms with Crippen molar-refractivity contribution in [3.8, 4) is 0 Å². The van der Waals surface area contributed by atoms with Crippen molar-refractivity contribution >= 4 is 0 Å². The molecule has 0 fully saturated rings. The molecule has 1 aliphatic carbocycles. The molecule has 1 aliphatic rings. The number of aryl methyl sites for hydroxylation is 2. The van der Waals surface area contributed by atoms with Crippen LogP contribution in [0.5, 0.6) is 0 Å². The van der Waals surface area contributed by atoms with Crippen LogP contribution in [0, 0.1) is 5.92 Å². The van der Waals surface area contributed by atoms with Crippen molar-refractivity contribution < 1.29 is 0 Å². The average molecular weight is 245 g/mol. The summed E-state index contributed by atoms with van der Waals surface area (Å²) in [5, 5.41) is 0. The molecular weight excluding hydrogens is 218 g/mol. The molecule has 1 atom stereocenters. The lowest BCUT2D eigenvalue weighted by atomic mass is 9.86. The lowest BCUT2D eigenvalue weighted by Gasteiger charge is -2.24. The highest BCUT2D eigenvalue weighted by Crippen LogP contribution is 2.31. The highest BCUT2D eigenvalue weighted by atomic mass is 14.7. The molecule has 1 heteroatoms. The van der Waals surface area contributed by atoms with E-state index < -0.39 is 0 Å². The first kappa shape index (κ1) is 13.6. The van der Waals surface area contributed by atoms with Gasteiger partial charge in [-0.25, -0.2) is 0 Å². The van der Waals surface area contributed by atoms with Gasteiger partial charge in [-0.15, -0.1) is 0 Å². The smallest absolute Gasteiger partial charge is 0.0323 e. The summed E-state index contributed by atoms with van der Waals surface area (Å²) in [5.74, 6) is 0.652. The second-order valence-corrected chi connectivity index (χ2v) is 5.74. The van der Waals surface area contributed by atoms with Crippen molar-refractivity contribution in [2.75, 3.05) is 0 Å². The SMILES string of the molecule is CCCC(CCC)C(N)c1ccc2c(c1)CCC2. The first-order valence-electron chi connectivity index (χ1n) is 7.63. The lowest BCUT2D eigenvalue weighted by Crippen LogP contribution is -2.21. The highest BCUT2D eigenvalue weighted by molar-refractivity contribution is 5.36. The van der Waals surface area contributed by atoms with Crippen molar-refractivity contribution in [1.82, 2.24) is 0 Å². The van der Waals surface area contributed by atoms with E-state index in [9.17, 15) is 0 Å². The van der Waals surface area contributed by atoms with Crippen LogP contribution in [0.2, 0.25) is 0 Å². The molecule has 0 aromatic heterocycles. The van der Waals surface area contributed by atoms with Gasteiger partial charge in [0.2, 0.25) is 0 Å². The maximum atomic E-state index is 6.51. The maximum Gasteiger partial charge on any atom is 0.0323 e. The molecule has 0 aliphatic heterocycles. The van der Waals surface area contributed by atoms with Crippen LogP contribution in [0.1, 0.15) is 68.7 Å². The Balaban J connectivity index is 2.13. The quantitative estimate of drug-likeness (QED) is 0.790. The predicted octanol–water partition coefficient (Wildman–Crippen LogP) is 4.39. The normalized spacial score (nSPS) is 16.0. The minimum Gasteiger partial charge on any atom is -0.324 e. The van der Waals surface area contributed by atoms with Crippen LogP contribution in [0.15, 0.2) is 18.2 Å². The fourth-order valence-electron chi connectivity index (χ4n) is 3.32. The van der Waals surface area contributed by atoms with E-state index in [1.807, 2.05) is 0 Å². The molecule has 0 saturated carbocycles. The average Bonchev–Trinajstić information content (AvgIpc) is 2.84. The zero-order valence-corrected chi connectivity index (χ0v) is 11.9. The standard InChI is InChI=1S/C17H27N/c1-3-6-14(7-4-2)17(18)16-11-10-13-8-5-9-15(13)12-16/h10-12,14,17H,3-9,18H2,1-2H3. The third-order valence-electron chi connectivity index (χ3n) is 4.33. The predicted molar refractivity (Wildman–Crippen MR) is 78.7 cm³/mol. The summed E-state index contributed by atoms with van der Waals surface area (Å²) in [6, 6.07) is 7.20. The molecular formula is C17H27N. The zero-order valence-electron chi connectivity index (χ0n) is 11.9. The van der Waals surface area contributed by atoms with Gasteiger partial charge in [-0.3, -0.25) is 0 Å². The van der Waals surface area contributed by atoms with E-state index in [4.69, 9.17) is 5.73 Å². The molecule has 0 bridgehead atoms. The molecule has 0 spiro atoms. The van der Waals surface area contributed by atoms with E-state index in [0.29, 0.717) is 5.92 Å². The van der Waals surface area contributed by atoms with Gasteiger partial charge in [0, 0.05) is 6.04 Å². The fourth-order valence-corrected chi connectivity index (χ4v) is 3.32.